The molecule has 1 aromatic rings. The zero-order valence-corrected chi connectivity index (χ0v) is 12.7. The van der Waals surface area contributed by atoms with Crippen LogP contribution in [0.25, 0.3) is 0 Å². The van der Waals surface area contributed by atoms with Gasteiger partial charge in [0.05, 0.1) is 6.04 Å². The van der Waals surface area contributed by atoms with E-state index >= 15 is 0 Å². The van der Waals surface area contributed by atoms with Crippen LogP contribution >= 0.6 is 11.6 Å². The first-order valence-corrected chi connectivity index (χ1v) is 6.94. The molecule has 118 valence electrons. The van der Waals surface area contributed by atoms with Gasteiger partial charge < -0.3 is 15.8 Å². The Bertz CT molecular complexity index is 484. The number of nitrogens with one attached hydrogen (secondary N) is 1. The third kappa shape index (κ3) is 6.27. The SMILES string of the molecule is CC(C)C[C@H](N)C(=O)NCc1cc(Cl)ccc1OC(F)F. The third-order valence-electron chi connectivity index (χ3n) is 2.75. The van der Waals surface area contributed by atoms with E-state index in [0.717, 1.165) is 0 Å². The van der Waals surface area contributed by atoms with Crippen molar-refractivity contribution in [2.75, 3.05) is 0 Å². The molecule has 0 aliphatic carbocycles. The maximum Gasteiger partial charge on any atom is 0.387 e. The number of carbonyl (C=O) groups excluding carboxylic acids is 1. The molecule has 1 aromatic carbocycles. The van der Waals surface area contributed by atoms with E-state index in [1.165, 1.54) is 18.2 Å². The highest BCUT2D eigenvalue weighted by Crippen LogP contribution is 2.24. The van der Waals surface area contributed by atoms with Gasteiger partial charge in [-0.05, 0) is 30.5 Å². The minimum Gasteiger partial charge on any atom is -0.434 e. The van der Waals surface area contributed by atoms with Crippen LogP contribution in [-0.2, 0) is 11.3 Å². The van der Waals surface area contributed by atoms with Gasteiger partial charge in [0.15, 0.2) is 0 Å². The molecule has 0 aromatic heterocycles. The lowest BCUT2D eigenvalue weighted by Gasteiger charge is -2.16. The first-order chi connectivity index (χ1) is 9.79. The number of alkyl halides is 2. The van der Waals surface area contributed by atoms with E-state index in [1.54, 1.807) is 0 Å². The standard InChI is InChI=1S/C14H19ClF2N2O2/c1-8(2)5-11(18)13(20)19-7-9-6-10(15)3-4-12(9)21-14(16)17/h3-4,6,8,11,14H,5,7,18H2,1-2H3,(H,19,20)/t11-/m0/s1. The number of benzene rings is 1. The fourth-order valence-corrected chi connectivity index (χ4v) is 2.02. The highest BCUT2D eigenvalue weighted by Gasteiger charge is 2.16. The van der Waals surface area contributed by atoms with Gasteiger partial charge in [0.25, 0.3) is 0 Å². The van der Waals surface area contributed by atoms with Crippen LogP contribution in [-0.4, -0.2) is 18.6 Å². The van der Waals surface area contributed by atoms with E-state index in [1.807, 2.05) is 13.8 Å². The van der Waals surface area contributed by atoms with Crippen molar-refractivity contribution >= 4 is 17.5 Å². The number of nitrogens with two attached hydrogens (primary N) is 1. The zero-order valence-electron chi connectivity index (χ0n) is 11.9. The smallest absolute Gasteiger partial charge is 0.387 e. The summed E-state index contributed by atoms with van der Waals surface area (Å²) in [5, 5.41) is 2.97. The van der Waals surface area contributed by atoms with Gasteiger partial charge in [0.2, 0.25) is 5.91 Å². The van der Waals surface area contributed by atoms with E-state index in [2.05, 4.69) is 10.1 Å². The average Bonchev–Trinajstić information content (AvgIpc) is 2.37. The Hall–Kier alpha value is -1.40. The van der Waals surface area contributed by atoms with Gasteiger partial charge in [0.1, 0.15) is 5.75 Å². The first-order valence-electron chi connectivity index (χ1n) is 6.56. The second-order valence-electron chi connectivity index (χ2n) is 5.08. The monoisotopic (exact) mass is 320 g/mol. The number of amides is 1. The molecule has 0 fully saturated rings. The molecule has 0 heterocycles. The Morgan fingerprint density at radius 2 is 2.10 bits per heavy atom. The van der Waals surface area contributed by atoms with Crippen LogP contribution in [0.1, 0.15) is 25.8 Å². The molecule has 1 amide bonds. The normalized spacial score (nSPS) is 12.6. The number of rotatable bonds is 7. The molecule has 0 saturated carbocycles. The summed E-state index contributed by atoms with van der Waals surface area (Å²) < 4.78 is 29.0. The van der Waals surface area contributed by atoms with Crippen LogP contribution in [0, 0.1) is 5.92 Å². The Morgan fingerprint density at radius 1 is 1.43 bits per heavy atom. The Kier molecular flexibility index (Phi) is 6.84. The Labute approximate surface area is 127 Å². The van der Waals surface area contributed by atoms with E-state index < -0.39 is 12.7 Å². The molecular weight excluding hydrogens is 302 g/mol. The summed E-state index contributed by atoms with van der Waals surface area (Å²) in [5.74, 6) is -0.0755. The fourth-order valence-electron chi connectivity index (χ4n) is 1.83. The predicted octanol–water partition coefficient (Wildman–Crippen LogP) is 2.93. The molecule has 7 heteroatoms. The van der Waals surface area contributed by atoms with Crippen molar-refractivity contribution in [3.63, 3.8) is 0 Å². The summed E-state index contributed by atoms with van der Waals surface area (Å²) in [5.41, 5.74) is 6.11. The van der Waals surface area contributed by atoms with Crippen molar-refractivity contribution in [3.05, 3.63) is 28.8 Å². The van der Waals surface area contributed by atoms with Gasteiger partial charge in [-0.15, -0.1) is 0 Å². The second-order valence-corrected chi connectivity index (χ2v) is 5.52. The van der Waals surface area contributed by atoms with Gasteiger partial charge in [-0.3, -0.25) is 4.79 Å². The van der Waals surface area contributed by atoms with Crippen molar-refractivity contribution in [1.29, 1.82) is 0 Å². The van der Waals surface area contributed by atoms with Crippen molar-refractivity contribution < 1.29 is 18.3 Å². The third-order valence-corrected chi connectivity index (χ3v) is 2.99. The molecule has 3 N–H and O–H groups in total. The Morgan fingerprint density at radius 3 is 2.67 bits per heavy atom. The summed E-state index contributed by atoms with van der Waals surface area (Å²) in [4.78, 5) is 11.8. The average molecular weight is 321 g/mol. The maximum absolute atomic E-state index is 12.3. The summed E-state index contributed by atoms with van der Waals surface area (Å²) in [6.07, 6.45) is 0.543. The molecule has 0 radical (unpaired) electrons. The molecule has 0 aliphatic heterocycles. The summed E-state index contributed by atoms with van der Waals surface area (Å²) in [7, 11) is 0. The summed E-state index contributed by atoms with van der Waals surface area (Å²) >= 11 is 5.82. The van der Waals surface area contributed by atoms with Gasteiger partial charge in [-0.25, -0.2) is 0 Å². The molecule has 0 unspecified atom stereocenters. The number of hydrogen-bond donors (Lipinski definition) is 2. The molecular formula is C14H19ClF2N2O2. The molecule has 0 bridgehead atoms. The predicted molar refractivity (Wildman–Crippen MR) is 77.4 cm³/mol. The minimum atomic E-state index is -2.94. The van der Waals surface area contributed by atoms with Gasteiger partial charge in [-0.2, -0.15) is 8.78 Å². The number of hydrogen-bond acceptors (Lipinski definition) is 3. The molecule has 1 rings (SSSR count). The van der Waals surface area contributed by atoms with Crippen molar-refractivity contribution in [2.45, 2.75) is 39.5 Å². The van der Waals surface area contributed by atoms with Crippen molar-refractivity contribution in [2.24, 2.45) is 11.7 Å². The molecule has 21 heavy (non-hydrogen) atoms. The van der Waals surface area contributed by atoms with Crippen LogP contribution in [0.3, 0.4) is 0 Å². The molecule has 4 nitrogen and oxygen atoms in total. The summed E-state index contributed by atoms with van der Waals surface area (Å²) in [6.45, 7) is 0.994. The van der Waals surface area contributed by atoms with Crippen LogP contribution in [0.15, 0.2) is 18.2 Å². The molecule has 0 aliphatic rings. The van der Waals surface area contributed by atoms with Crippen LogP contribution in [0.5, 0.6) is 5.75 Å². The minimum absolute atomic E-state index is 0.0211. The number of carbonyl (C=O) groups is 1. The van der Waals surface area contributed by atoms with Crippen LogP contribution < -0.4 is 15.8 Å². The number of halogens is 3. The van der Waals surface area contributed by atoms with E-state index in [4.69, 9.17) is 17.3 Å². The largest absolute Gasteiger partial charge is 0.434 e. The van der Waals surface area contributed by atoms with Crippen molar-refractivity contribution in [3.8, 4) is 5.75 Å². The quantitative estimate of drug-likeness (QED) is 0.812. The van der Waals surface area contributed by atoms with Crippen molar-refractivity contribution in [1.82, 2.24) is 5.32 Å². The lowest BCUT2D eigenvalue weighted by molar-refractivity contribution is -0.122. The topological polar surface area (TPSA) is 64.4 Å². The highest BCUT2D eigenvalue weighted by atomic mass is 35.5. The second kappa shape index (κ2) is 8.14. The highest BCUT2D eigenvalue weighted by molar-refractivity contribution is 6.30. The first kappa shape index (κ1) is 17.7. The molecule has 1 atom stereocenters. The number of ether oxygens (including phenoxy) is 1. The summed E-state index contributed by atoms with van der Waals surface area (Å²) in [6, 6.07) is 3.61. The van der Waals surface area contributed by atoms with E-state index in [-0.39, 0.29) is 24.1 Å². The van der Waals surface area contributed by atoms with Gasteiger partial charge in [-0.1, -0.05) is 25.4 Å². The maximum atomic E-state index is 12.3. The van der Waals surface area contributed by atoms with E-state index in [9.17, 15) is 13.6 Å². The van der Waals surface area contributed by atoms with Crippen LogP contribution in [0.2, 0.25) is 5.02 Å². The van der Waals surface area contributed by atoms with Gasteiger partial charge >= 0.3 is 6.61 Å². The molecule has 0 spiro atoms. The van der Waals surface area contributed by atoms with Crippen LogP contribution in [0.4, 0.5) is 8.78 Å². The van der Waals surface area contributed by atoms with E-state index in [0.29, 0.717) is 17.0 Å². The molecule has 0 saturated heterocycles. The zero-order chi connectivity index (χ0) is 16.0. The fraction of sp³-hybridized carbons (Fsp3) is 0.500. The lowest BCUT2D eigenvalue weighted by Crippen LogP contribution is -2.41. The van der Waals surface area contributed by atoms with Gasteiger partial charge in [0, 0.05) is 17.1 Å². The lowest BCUT2D eigenvalue weighted by atomic mass is 10.0. The Balaban J connectivity index is 2.69.